The second-order valence-electron chi connectivity index (χ2n) is 5.24. The van der Waals surface area contributed by atoms with Crippen molar-refractivity contribution < 1.29 is 4.74 Å². The van der Waals surface area contributed by atoms with Gasteiger partial charge in [0.1, 0.15) is 5.75 Å². The van der Waals surface area contributed by atoms with Crippen molar-refractivity contribution in [1.29, 1.82) is 0 Å². The quantitative estimate of drug-likeness (QED) is 0.748. The van der Waals surface area contributed by atoms with Crippen LogP contribution in [0, 0.1) is 0 Å². The standard InChI is InChI=1S/C16H18BrNOS/c1-19-16-5-2-12(8-15(16)17)9-18(14-3-4-14)10-13-6-7-20-11-13/h2,5-8,11,14H,3-4,9-10H2,1H3. The van der Waals surface area contributed by atoms with Crippen LogP contribution in [-0.4, -0.2) is 18.1 Å². The van der Waals surface area contributed by atoms with Crippen molar-refractivity contribution in [1.82, 2.24) is 4.90 Å². The largest absolute Gasteiger partial charge is 0.496 e. The van der Waals surface area contributed by atoms with Crippen LogP contribution in [0.25, 0.3) is 0 Å². The average molecular weight is 352 g/mol. The minimum absolute atomic E-state index is 0.760. The highest BCUT2D eigenvalue weighted by molar-refractivity contribution is 9.10. The van der Waals surface area contributed by atoms with Gasteiger partial charge in [-0.05, 0) is 68.9 Å². The lowest BCUT2D eigenvalue weighted by atomic mass is 10.2. The van der Waals surface area contributed by atoms with E-state index < -0.39 is 0 Å². The predicted molar refractivity (Wildman–Crippen MR) is 87.3 cm³/mol. The van der Waals surface area contributed by atoms with Gasteiger partial charge in [0.15, 0.2) is 0 Å². The van der Waals surface area contributed by atoms with E-state index in [-0.39, 0.29) is 0 Å². The number of hydrogen-bond acceptors (Lipinski definition) is 3. The number of thiophene rings is 1. The molecule has 0 N–H and O–H groups in total. The first-order chi connectivity index (χ1) is 9.76. The fourth-order valence-corrected chi connectivity index (χ4v) is 3.66. The van der Waals surface area contributed by atoms with Gasteiger partial charge >= 0.3 is 0 Å². The molecule has 0 atom stereocenters. The van der Waals surface area contributed by atoms with Gasteiger partial charge in [0.25, 0.3) is 0 Å². The van der Waals surface area contributed by atoms with Gasteiger partial charge in [0.05, 0.1) is 11.6 Å². The summed E-state index contributed by atoms with van der Waals surface area (Å²) in [5.41, 5.74) is 2.76. The normalized spacial score (nSPS) is 14.8. The van der Waals surface area contributed by atoms with Gasteiger partial charge in [-0.1, -0.05) is 6.07 Å². The molecular formula is C16H18BrNOS. The summed E-state index contributed by atoms with van der Waals surface area (Å²) >= 11 is 5.35. The Morgan fingerprint density at radius 2 is 2.05 bits per heavy atom. The topological polar surface area (TPSA) is 12.5 Å². The molecule has 1 aliphatic carbocycles. The van der Waals surface area contributed by atoms with Crippen molar-refractivity contribution in [2.45, 2.75) is 32.0 Å². The SMILES string of the molecule is COc1ccc(CN(Cc2ccsc2)C2CC2)cc1Br. The number of benzene rings is 1. The molecule has 4 heteroatoms. The van der Waals surface area contributed by atoms with Gasteiger partial charge in [0, 0.05) is 19.1 Å². The van der Waals surface area contributed by atoms with E-state index >= 15 is 0 Å². The first kappa shape index (κ1) is 14.1. The van der Waals surface area contributed by atoms with E-state index in [2.05, 4.69) is 49.8 Å². The second kappa shape index (κ2) is 6.29. The molecule has 1 fully saturated rings. The fraction of sp³-hybridized carbons (Fsp3) is 0.375. The zero-order valence-corrected chi connectivity index (χ0v) is 13.9. The smallest absolute Gasteiger partial charge is 0.133 e. The van der Waals surface area contributed by atoms with E-state index in [9.17, 15) is 0 Å². The Bertz CT molecular complexity index is 566. The van der Waals surface area contributed by atoms with Crippen LogP contribution in [0.2, 0.25) is 0 Å². The van der Waals surface area contributed by atoms with E-state index in [4.69, 9.17) is 4.74 Å². The van der Waals surface area contributed by atoms with Gasteiger partial charge in [-0.15, -0.1) is 0 Å². The number of methoxy groups -OCH3 is 1. The Morgan fingerprint density at radius 1 is 1.25 bits per heavy atom. The van der Waals surface area contributed by atoms with Gasteiger partial charge in [-0.3, -0.25) is 4.90 Å². The molecule has 0 amide bonds. The molecule has 1 saturated carbocycles. The Morgan fingerprint density at radius 3 is 2.65 bits per heavy atom. The molecule has 0 aliphatic heterocycles. The summed E-state index contributed by atoms with van der Waals surface area (Å²) in [7, 11) is 1.70. The first-order valence-corrected chi connectivity index (χ1v) is 8.57. The second-order valence-corrected chi connectivity index (χ2v) is 6.87. The molecule has 2 aromatic rings. The van der Waals surface area contributed by atoms with Crippen LogP contribution in [0.15, 0.2) is 39.5 Å². The summed E-state index contributed by atoms with van der Waals surface area (Å²) in [5, 5.41) is 4.41. The Balaban J connectivity index is 1.71. The number of hydrogen-bond donors (Lipinski definition) is 0. The molecule has 2 nitrogen and oxygen atoms in total. The van der Waals surface area contributed by atoms with E-state index in [0.29, 0.717) is 0 Å². The third-order valence-corrected chi connectivity index (χ3v) is 4.98. The number of rotatable bonds is 6. The minimum Gasteiger partial charge on any atom is -0.496 e. The Kier molecular flexibility index (Phi) is 4.44. The lowest BCUT2D eigenvalue weighted by Gasteiger charge is -2.22. The molecule has 1 aliphatic rings. The molecule has 1 heterocycles. The van der Waals surface area contributed by atoms with Gasteiger partial charge < -0.3 is 4.74 Å². The minimum atomic E-state index is 0.760. The van der Waals surface area contributed by atoms with Crippen LogP contribution in [0.3, 0.4) is 0 Å². The van der Waals surface area contributed by atoms with Crippen molar-refractivity contribution in [2.24, 2.45) is 0 Å². The van der Waals surface area contributed by atoms with Crippen LogP contribution in [0.4, 0.5) is 0 Å². The third-order valence-electron chi connectivity index (χ3n) is 3.63. The average Bonchev–Trinajstić information content (AvgIpc) is 3.17. The molecule has 0 spiro atoms. The maximum atomic E-state index is 5.29. The maximum absolute atomic E-state index is 5.29. The van der Waals surface area contributed by atoms with Crippen LogP contribution < -0.4 is 4.74 Å². The zero-order chi connectivity index (χ0) is 13.9. The Hall–Kier alpha value is -0.840. The highest BCUT2D eigenvalue weighted by Crippen LogP contribution is 2.32. The van der Waals surface area contributed by atoms with Crippen LogP contribution >= 0.6 is 27.3 Å². The van der Waals surface area contributed by atoms with Crippen molar-refractivity contribution in [3.8, 4) is 5.75 Å². The monoisotopic (exact) mass is 351 g/mol. The van der Waals surface area contributed by atoms with Gasteiger partial charge in [-0.25, -0.2) is 0 Å². The molecule has 1 aromatic heterocycles. The molecule has 0 bridgehead atoms. The van der Waals surface area contributed by atoms with E-state index in [1.165, 1.54) is 24.0 Å². The number of nitrogens with zero attached hydrogens (tertiary/aromatic N) is 1. The molecule has 3 rings (SSSR count). The lowest BCUT2D eigenvalue weighted by molar-refractivity contribution is 0.246. The van der Waals surface area contributed by atoms with Crippen molar-refractivity contribution in [3.05, 3.63) is 50.6 Å². The predicted octanol–water partition coefficient (Wildman–Crippen LogP) is 4.68. The summed E-state index contributed by atoms with van der Waals surface area (Å²) < 4.78 is 6.32. The lowest BCUT2D eigenvalue weighted by Crippen LogP contribution is -2.24. The van der Waals surface area contributed by atoms with Crippen molar-refractivity contribution in [2.75, 3.05) is 7.11 Å². The van der Waals surface area contributed by atoms with Gasteiger partial charge in [0.2, 0.25) is 0 Å². The van der Waals surface area contributed by atoms with Crippen molar-refractivity contribution in [3.63, 3.8) is 0 Å². The number of ether oxygens (including phenoxy) is 1. The Labute approximate surface area is 132 Å². The molecule has 0 radical (unpaired) electrons. The van der Waals surface area contributed by atoms with E-state index in [0.717, 1.165) is 29.4 Å². The molecular weight excluding hydrogens is 334 g/mol. The fourth-order valence-electron chi connectivity index (χ4n) is 2.41. The van der Waals surface area contributed by atoms with Crippen molar-refractivity contribution >= 4 is 27.3 Å². The summed E-state index contributed by atoms with van der Waals surface area (Å²) in [6.07, 6.45) is 2.67. The molecule has 20 heavy (non-hydrogen) atoms. The summed E-state index contributed by atoms with van der Waals surface area (Å²) in [6, 6.07) is 9.35. The van der Waals surface area contributed by atoms with E-state index in [1.807, 2.05) is 6.07 Å². The molecule has 1 aromatic carbocycles. The van der Waals surface area contributed by atoms with Crippen LogP contribution in [0.5, 0.6) is 5.75 Å². The summed E-state index contributed by atoms with van der Waals surface area (Å²) in [5.74, 6) is 0.893. The summed E-state index contributed by atoms with van der Waals surface area (Å²) in [4.78, 5) is 2.58. The molecule has 0 saturated heterocycles. The van der Waals surface area contributed by atoms with Gasteiger partial charge in [-0.2, -0.15) is 11.3 Å². The first-order valence-electron chi connectivity index (χ1n) is 6.84. The zero-order valence-electron chi connectivity index (χ0n) is 11.5. The van der Waals surface area contributed by atoms with Crippen LogP contribution in [-0.2, 0) is 13.1 Å². The molecule has 0 unspecified atom stereocenters. The van der Waals surface area contributed by atoms with E-state index in [1.54, 1.807) is 18.4 Å². The summed E-state index contributed by atoms with van der Waals surface area (Å²) in [6.45, 7) is 2.06. The highest BCUT2D eigenvalue weighted by atomic mass is 79.9. The molecule has 106 valence electrons. The maximum Gasteiger partial charge on any atom is 0.133 e. The third kappa shape index (κ3) is 3.43. The highest BCUT2D eigenvalue weighted by Gasteiger charge is 2.29. The number of halogens is 1. The van der Waals surface area contributed by atoms with Crippen LogP contribution in [0.1, 0.15) is 24.0 Å².